The Labute approximate surface area is 166 Å². The topological polar surface area (TPSA) is 72.9 Å². The van der Waals surface area contributed by atoms with Gasteiger partial charge in [0.2, 0.25) is 5.91 Å². The molecule has 0 N–H and O–H groups in total. The second-order valence-corrected chi connectivity index (χ2v) is 7.39. The van der Waals surface area contributed by atoms with Crippen LogP contribution in [0, 0.1) is 12.8 Å². The van der Waals surface area contributed by atoms with E-state index in [1.165, 1.54) is 4.90 Å². The van der Waals surface area contributed by atoms with Crippen molar-refractivity contribution < 1.29 is 23.9 Å². The molecule has 0 fully saturated rings. The van der Waals surface area contributed by atoms with E-state index in [1.54, 1.807) is 13.8 Å². The fraction of sp³-hybridized carbons (Fsp3) is 0.500. The number of benzene rings is 1. The van der Waals surface area contributed by atoms with Crippen molar-refractivity contribution in [3.8, 4) is 0 Å². The van der Waals surface area contributed by atoms with Gasteiger partial charge >= 0.3 is 11.9 Å². The van der Waals surface area contributed by atoms with Crippen LogP contribution in [0.4, 0.5) is 0 Å². The molecule has 0 spiro atoms. The Bertz CT molecular complexity index is 781. The number of amides is 1. The quantitative estimate of drug-likeness (QED) is 0.671. The summed E-state index contributed by atoms with van der Waals surface area (Å²) in [5.41, 5.74) is 2.80. The molecule has 6 nitrogen and oxygen atoms in total. The van der Waals surface area contributed by atoms with E-state index in [2.05, 4.69) is 0 Å². The van der Waals surface area contributed by atoms with Gasteiger partial charge in [-0.15, -0.1) is 0 Å². The Balaban J connectivity index is 2.46. The summed E-state index contributed by atoms with van der Waals surface area (Å²) < 4.78 is 10.5. The first-order valence-electron chi connectivity index (χ1n) is 9.65. The first-order chi connectivity index (χ1) is 13.3. The highest BCUT2D eigenvalue weighted by Crippen LogP contribution is 2.38. The fourth-order valence-corrected chi connectivity index (χ4v) is 3.37. The number of carbonyl (C=O) groups excluding carboxylic acids is 3. The van der Waals surface area contributed by atoms with Crippen LogP contribution in [0.15, 0.2) is 35.5 Å². The van der Waals surface area contributed by atoms with Gasteiger partial charge < -0.3 is 14.4 Å². The van der Waals surface area contributed by atoms with Crippen molar-refractivity contribution in [2.45, 2.75) is 47.0 Å². The van der Waals surface area contributed by atoms with Crippen LogP contribution in [0.25, 0.3) is 0 Å². The Morgan fingerprint density at radius 2 is 1.86 bits per heavy atom. The van der Waals surface area contributed by atoms with Gasteiger partial charge in [0.25, 0.3) is 0 Å². The molecule has 1 aliphatic rings. The molecule has 152 valence electrons. The number of allylic oxidation sites excluding steroid dienone is 1. The highest BCUT2D eigenvalue weighted by molar-refractivity contribution is 5.96. The van der Waals surface area contributed by atoms with Gasteiger partial charge in [-0.25, -0.2) is 4.79 Å². The molecular weight excluding hydrogens is 358 g/mol. The molecular formula is C22H29NO5. The lowest BCUT2D eigenvalue weighted by molar-refractivity contribution is -0.149. The molecule has 0 bridgehead atoms. The van der Waals surface area contributed by atoms with Gasteiger partial charge in [-0.3, -0.25) is 9.59 Å². The van der Waals surface area contributed by atoms with Crippen molar-refractivity contribution in [3.05, 3.63) is 46.7 Å². The number of carbonyl (C=O) groups is 3. The van der Waals surface area contributed by atoms with Crippen LogP contribution >= 0.6 is 0 Å². The second-order valence-electron chi connectivity index (χ2n) is 7.39. The van der Waals surface area contributed by atoms with E-state index >= 15 is 0 Å². The molecule has 0 saturated carbocycles. The Kier molecular flexibility index (Phi) is 7.38. The second kappa shape index (κ2) is 9.53. The number of rotatable bonds is 7. The Morgan fingerprint density at radius 3 is 2.46 bits per heavy atom. The van der Waals surface area contributed by atoms with Crippen molar-refractivity contribution in [1.29, 1.82) is 0 Å². The van der Waals surface area contributed by atoms with Crippen LogP contribution in [-0.4, -0.2) is 42.5 Å². The van der Waals surface area contributed by atoms with Crippen molar-refractivity contribution >= 4 is 17.8 Å². The molecule has 1 aliphatic heterocycles. The van der Waals surface area contributed by atoms with Crippen LogP contribution in [0.2, 0.25) is 0 Å². The zero-order chi connectivity index (χ0) is 20.8. The molecule has 6 heteroatoms. The summed E-state index contributed by atoms with van der Waals surface area (Å²) >= 11 is 0. The van der Waals surface area contributed by atoms with Crippen LogP contribution in [-0.2, 0) is 23.9 Å². The van der Waals surface area contributed by atoms with Gasteiger partial charge in [-0.1, -0.05) is 38.1 Å². The Morgan fingerprint density at radius 1 is 1.18 bits per heavy atom. The molecule has 1 aromatic carbocycles. The predicted octanol–water partition coefficient (Wildman–Crippen LogP) is 3.35. The van der Waals surface area contributed by atoms with Crippen LogP contribution in [0.1, 0.15) is 51.2 Å². The van der Waals surface area contributed by atoms with Gasteiger partial charge in [-0.2, -0.15) is 0 Å². The molecule has 0 saturated heterocycles. The van der Waals surface area contributed by atoms with Gasteiger partial charge in [0.15, 0.2) is 0 Å². The number of esters is 2. The number of hydrogen-bond donors (Lipinski definition) is 0. The van der Waals surface area contributed by atoms with E-state index in [9.17, 15) is 14.4 Å². The van der Waals surface area contributed by atoms with E-state index in [4.69, 9.17) is 9.47 Å². The number of aryl methyl sites for hydroxylation is 1. The average molecular weight is 387 g/mol. The molecule has 0 radical (unpaired) electrons. The number of nitrogens with zero attached hydrogens (tertiary/aromatic N) is 1. The molecule has 2 rings (SSSR count). The van der Waals surface area contributed by atoms with Crippen molar-refractivity contribution in [2.75, 3.05) is 19.8 Å². The average Bonchev–Trinajstić information content (AvgIpc) is 2.63. The highest BCUT2D eigenvalue weighted by Gasteiger charge is 2.38. The van der Waals surface area contributed by atoms with E-state index in [1.807, 2.05) is 45.0 Å². The standard InChI is InChI=1S/C22H29NO5/c1-6-27-20(25)12-23-16(5)21(22(26)28-13-14(2)3)18(11-19(23)24)17-10-8-7-9-15(17)4/h7-10,14,18H,6,11-13H2,1-5H3. The van der Waals surface area contributed by atoms with Crippen molar-refractivity contribution in [2.24, 2.45) is 5.92 Å². The summed E-state index contributed by atoms with van der Waals surface area (Å²) in [7, 11) is 0. The molecule has 0 aliphatic carbocycles. The first kappa shape index (κ1) is 21.7. The normalized spacial score (nSPS) is 17.1. The number of hydrogen-bond acceptors (Lipinski definition) is 5. The summed E-state index contributed by atoms with van der Waals surface area (Å²) in [6.07, 6.45) is 0.105. The summed E-state index contributed by atoms with van der Waals surface area (Å²) in [5, 5.41) is 0. The molecule has 1 unspecified atom stereocenters. The lowest BCUT2D eigenvalue weighted by atomic mass is 9.82. The molecule has 1 amide bonds. The zero-order valence-electron chi connectivity index (χ0n) is 17.3. The minimum Gasteiger partial charge on any atom is -0.465 e. The maximum absolute atomic E-state index is 12.9. The van der Waals surface area contributed by atoms with E-state index < -0.39 is 17.9 Å². The number of ether oxygens (including phenoxy) is 2. The molecule has 28 heavy (non-hydrogen) atoms. The van der Waals surface area contributed by atoms with Gasteiger partial charge in [0, 0.05) is 18.0 Å². The highest BCUT2D eigenvalue weighted by atomic mass is 16.5. The summed E-state index contributed by atoms with van der Waals surface area (Å²) in [4.78, 5) is 39.0. The fourth-order valence-electron chi connectivity index (χ4n) is 3.37. The smallest absolute Gasteiger partial charge is 0.336 e. The Hall–Kier alpha value is -2.63. The molecule has 0 aromatic heterocycles. The van der Waals surface area contributed by atoms with E-state index in [0.717, 1.165) is 11.1 Å². The molecule has 1 atom stereocenters. The third-order valence-corrected chi connectivity index (χ3v) is 4.75. The third kappa shape index (κ3) is 5.00. The van der Waals surface area contributed by atoms with Crippen LogP contribution < -0.4 is 0 Å². The van der Waals surface area contributed by atoms with Crippen molar-refractivity contribution in [1.82, 2.24) is 4.90 Å². The summed E-state index contributed by atoms with van der Waals surface area (Å²) in [5.74, 6) is -1.35. The maximum atomic E-state index is 12.9. The zero-order valence-corrected chi connectivity index (χ0v) is 17.3. The van der Waals surface area contributed by atoms with Crippen LogP contribution in [0.5, 0.6) is 0 Å². The summed E-state index contributed by atoms with van der Waals surface area (Å²) in [6.45, 7) is 9.60. The van der Waals surface area contributed by atoms with Gasteiger partial charge in [-0.05, 0) is 37.8 Å². The van der Waals surface area contributed by atoms with Gasteiger partial charge in [0.05, 0.1) is 18.8 Å². The lowest BCUT2D eigenvalue weighted by Crippen LogP contribution is -2.41. The molecule has 1 heterocycles. The first-order valence-corrected chi connectivity index (χ1v) is 9.65. The summed E-state index contributed by atoms with van der Waals surface area (Å²) in [6, 6.07) is 7.70. The monoisotopic (exact) mass is 387 g/mol. The third-order valence-electron chi connectivity index (χ3n) is 4.75. The van der Waals surface area contributed by atoms with E-state index in [-0.39, 0.29) is 31.4 Å². The minimum atomic E-state index is -0.501. The SMILES string of the molecule is CCOC(=O)CN1C(=O)CC(c2ccccc2C)C(C(=O)OCC(C)C)=C1C. The maximum Gasteiger partial charge on any atom is 0.336 e. The predicted molar refractivity (Wildman–Crippen MR) is 105 cm³/mol. The van der Waals surface area contributed by atoms with Crippen molar-refractivity contribution in [3.63, 3.8) is 0 Å². The minimum absolute atomic E-state index is 0.105. The largest absolute Gasteiger partial charge is 0.465 e. The van der Waals surface area contributed by atoms with E-state index in [0.29, 0.717) is 17.9 Å². The van der Waals surface area contributed by atoms with Gasteiger partial charge in [0.1, 0.15) is 6.54 Å². The lowest BCUT2D eigenvalue weighted by Gasteiger charge is -2.34. The van der Waals surface area contributed by atoms with Crippen LogP contribution in [0.3, 0.4) is 0 Å². The molecule has 1 aromatic rings.